The highest BCUT2D eigenvalue weighted by Crippen LogP contribution is 2.21. The van der Waals surface area contributed by atoms with Crippen molar-refractivity contribution in [3.05, 3.63) is 51.5 Å². The molecule has 0 amide bonds. The van der Waals surface area contributed by atoms with Gasteiger partial charge in [0.2, 0.25) is 0 Å². The Morgan fingerprint density at radius 2 is 1.94 bits per heavy atom. The number of aromatic amines is 1. The van der Waals surface area contributed by atoms with Gasteiger partial charge in [-0.1, -0.05) is 23.7 Å². The highest BCUT2D eigenvalue weighted by molar-refractivity contribution is 7.71. The third-order valence-electron chi connectivity index (χ3n) is 2.74. The Kier molecular flexibility index (Phi) is 3.17. The van der Waals surface area contributed by atoms with E-state index in [2.05, 4.69) is 16.5 Å². The zero-order valence-corrected chi connectivity index (χ0v) is 10.8. The molecule has 1 aromatic heterocycles. The number of aryl methyl sites for hydroxylation is 1. The standard InChI is InChI=1S/C12H13ClN2S/c1-8-7-14-12(16)15(8)9(2)10-3-5-11(13)6-4-10/h3-7,9H,1-2H3,(H,14,16). The molecule has 0 aliphatic carbocycles. The summed E-state index contributed by atoms with van der Waals surface area (Å²) in [5, 5.41) is 0.755. The van der Waals surface area contributed by atoms with E-state index in [1.807, 2.05) is 37.4 Å². The van der Waals surface area contributed by atoms with Crippen LogP contribution in [0.25, 0.3) is 0 Å². The molecule has 0 aliphatic heterocycles. The van der Waals surface area contributed by atoms with Gasteiger partial charge in [0, 0.05) is 16.9 Å². The molecule has 84 valence electrons. The minimum atomic E-state index is 0.219. The monoisotopic (exact) mass is 252 g/mol. The Hall–Kier alpha value is -1.06. The third-order valence-corrected chi connectivity index (χ3v) is 3.31. The fourth-order valence-corrected chi connectivity index (χ4v) is 2.32. The quantitative estimate of drug-likeness (QED) is 0.798. The van der Waals surface area contributed by atoms with E-state index in [4.69, 9.17) is 23.8 Å². The molecule has 0 spiro atoms. The van der Waals surface area contributed by atoms with Gasteiger partial charge in [0.25, 0.3) is 0 Å². The van der Waals surface area contributed by atoms with Crippen molar-refractivity contribution in [2.24, 2.45) is 0 Å². The molecule has 1 N–H and O–H groups in total. The Morgan fingerprint density at radius 1 is 1.31 bits per heavy atom. The van der Waals surface area contributed by atoms with Gasteiger partial charge in [-0.3, -0.25) is 0 Å². The lowest BCUT2D eigenvalue weighted by Crippen LogP contribution is -2.08. The maximum atomic E-state index is 5.87. The maximum Gasteiger partial charge on any atom is 0.177 e. The fraction of sp³-hybridized carbons (Fsp3) is 0.250. The number of nitrogens with one attached hydrogen (secondary N) is 1. The summed E-state index contributed by atoms with van der Waals surface area (Å²) in [4.78, 5) is 3.05. The molecule has 0 radical (unpaired) electrons. The molecule has 0 aliphatic rings. The summed E-state index contributed by atoms with van der Waals surface area (Å²) < 4.78 is 2.85. The molecule has 1 aromatic carbocycles. The predicted molar refractivity (Wildman–Crippen MR) is 69.6 cm³/mol. The van der Waals surface area contributed by atoms with Crippen LogP contribution in [0.5, 0.6) is 0 Å². The van der Waals surface area contributed by atoms with E-state index in [1.54, 1.807) is 0 Å². The van der Waals surface area contributed by atoms with Gasteiger partial charge in [-0.25, -0.2) is 0 Å². The molecule has 1 heterocycles. The lowest BCUT2D eigenvalue weighted by molar-refractivity contribution is 0.614. The van der Waals surface area contributed by atoms with Crippen molar-refractivity contribution in [2.45, 2.75) is 19.9 Å². The predicted octanol–water partition coefficient (Wildman–Crippen LogP) is 4.12. The van der Waals surface area contributed by atoms with Crippen molar-refractivity contribution in [2.75, 3.05) is 0 Å². The van der Waals surface area contributed by atoms with E-state index in [-0.39, 0.29) is 6.04 Å². The highest BCUT2D eigenvalue weighted by atomic mass is 35.5. The zero-order valence-electron chi connectivity index (χ0n) is 9.20. The maximum absolute atomic E-state index is 5.87. The molecule has 1 atom stereocenters. The first-order valence-electron chi connectivity index (χ1n) is 5.11. The van der Waals surface area contributed by atoms with Crippen LogP contribution in [0.15, 0.2) is 30.5 Å². The number of hydrogen-bond acceptors (Lipinski definition) is 1. The molecule has 1 unspecified atom stereocenters. The lowest BCUT2D eigenvalue weighted by atomic mass is 10.1. The van der Waals surface area contributed by atoms with E-state index < -0.39 is 0 Å². The van der Waals surface area contributed by atoms with E-state index in [0.717, 1.165) is 15.5 Å². The van der Waals surface area contributed by atoms with Crippen LogP contribution in [0, 0.1) is 11.7 Å². The van der Waals surface area contributed by atoms with Crippen molar-refractivity contribution >= 4 is 23.8 Å². The van der Waals surface area contributed by atoms with Crippen molar-refractivity contribution in [3.8, 4) is 0 Å². The third kappa shape index (κ3) is 2.06. The summed E-state index contributed by atoms with van der Waals surface area (Å²) in [7, 11) is 0. The van der Waals surface area contributed by atoms with Gasteiger partial charge in [-0.15, -0.1) is 0 Å². The molecule has 2 rings (SSSR count). The average Bonchev–Trinajstić information content (AvgIpc) is 2.59. The highest BCUT2D eigenvalue weighted by Gasteiger charge is 2.10. The van der Waals surface area contributed by atoms with E-state index in [0.29, 0.717) is 0 Å². The number of rotatable bonds is 2. The second-order valence-corrected chi connectivity index (χ2v) is 4.66. The smallest absolute Gasteiger partial charge is 0.177 e. The van der Waals surface area contributed by atoms with Crippen LogP contribution in [0.1, 0.15) is 24.2 Å². The number of nitrogens with zero attached hydrogens (tertiary/aromatic N) is 1. The first-order chi connectivity index (χ1) is 7.59. The molecular weight excluding hydrogens is 240 g/mol. The SMILES string of the molecule is Cc1c[nH]c(=S)n1C(C)c1ccc(Cl)cc1. The van der Waals surface area contributed by atoms with Crippen molar-refractivity contribution in [3.63, 3.8) is 0 Å². The van der Waals surface area contributed by atoms with Crippen LogP contribution in [0.4, 0.5) is 0 Å². The van der Waals surface area contributed by atoms with Crippen molar-refractivity contribution in [1.29, 1.82) is 0 Å². The van der Waals surface area contributed by atoms with Gasteiger partial charge in [-0.05, 0) is 43.8 Å². The topological polar surface area (TPSA) is 20.7 Å². The van der Waals surface area contributed by atoms with Gasteiger partial charge >= 0.3 is 0 Å². The molecule has 0 saturated heterocycles. The Labute approximate surface area is 105 Å². The summed E-state index contributed by atoms with van der Waals surface area (Å²) in [5.74, 6) is 0. The molecule has 0 saturated carbocycles. The van der Waals surface area contributed by atoms with Crippen LogP contribution in [0.3, 0.4) is 0 Å². The molecule has 16 heavy (non-hydrogen) atoms. The Balaban J connectivity index is 2.43. The molecule has 2 nitrogen and oxygen atoms in total. The fourth-order valence-electron chi connectivity index (χ4n) is 1.84. The summed E-state index contributed by atoms with van der Waals surface area (Å²) in [6.45, 7) is 4.17. The normalized spacial score (nSPS) is 12.7. The van der Waals surface area contributed by atoms with Crippen LogP contribution < -0.4 is 0 Å². The van der Waals surface area contributed by atoms with Crippen LogP contribution in [-0.2, 0) is 0 Å². The van der Waals surface area contributed by atoms with E-state index >= 15 is 0 Å². The Bertz CT molecular complexity index is 539. The van der Waals surface area contributed by atoms with Gasteiger partial charge in [0.05, 0.1) is 6.04 Å². The van der Waals surface area contributed by atoms with Crippen molar-refractivity contribution < 1.29 is 0 Å². The average molecular weight is 253 g/mol. The van der Waals surface area contributed by atoms with E-state index in [9.17, 15) is 0 Å². The lowest BCUT2D eigenvalue weighted by Gasteiger charge is -2.15. The first-order valence-corrected chi connectivity index (χ1v) is 5.90. The molecule has 0 fully saturated rings. The molecular formula is C12H13ClN2S. The number of imidazole rings is 1. The Morgan fingerprint density at radius 3 is 2.44 bits per heavy atom. The van der Waals surface area contributed by atoms with Crippen LogP contribution in [-0.4, -0.2) is 9.55 Å². The van der Waals surface area contributed by atoms with Gasteiger partial charge in [0.15, 0.2) is 4.77 Å². The summed E-state index contributed by atoms with van der Waals surface area (Å²) in [5.41, 5.74) is 2.33. The van der Waals surface area contributed by atoms with Gasteiger partial charge in [-0.2, -0.15) is 0 Å². The summed E-state index contributed by atoms with van der Waals surface area (Å²) >= 11 is 11.1. The van der Waals surface area contributed by atoms with Gasteiger partial charge in [0.1, 0.15) is 0 Å². The number of halogens is 1. The number of aromatic nitrogens is 2. The zero-order chi connectivity index (χ0) is 11.7. The first kappa shape index (κ1) is 11.4. The minimum absolute atomic E-state index is 0.219. The second-order valence-electron chi connectivity index (χ2n) is 3.83. The number of benzene rings is 1. The van der Waals surface area contributed by atoms with Crippen LogP contribution >= 0.6 is 23.8 Å². The molecule has 4 heteroatoms. The largest absolute Gasteiger partial charge is 0.337 e. The summed E-state index contributed by atoms with van der Waals surface area (Å²) in [6, 6.07) is 8.08. The second kappa shape index (κ2) is 4.44. The minimum Gasteiger partial charge on any atom is -0.337 e. The number of hydrogen-bond donors (Lipinski definition) is 1. The number of H-pyrrole nitrogens is 1. The molecule has 2 aromatic rings. The van der Waals surface area contributed by atoms with Gasteiger partial charge < -0.3 is 9.55 Å². The molecule has 0 bridgehead atoms. The van der Waals surface area contributed by atoms with Crippen molar-refractivity contribution in [1.82, 2.24) is 9.55 Å². The summed E-state index contributed by atoms with van der Waals surface area (Å²) in [6.07, 6.45) is 1.93. The van der Waals surface area contributed by atoms with E-state index in [1.165, 1.54) is 5.56 Å². The van der Waals surface area contributed by atoms with Crippen LogP contribution in [0.2, 0.25) is 5.02 Å².